The lowest BCUT2D eigenvalue weighted by Crippen LogP contribution is -2.54. The zero-order valence-electron chi connectivity index (χ0n) is 8.12. The summed E-state index contributed by atoms with van der Waals surface area (Å²) < 4.78 is 0.0224. The molecule has 0 heterocycles. The van der Waals surface area contributed by atoms with E-state index in [1.165, 1.54) is 0 Å². The van der Waals surface area contributed by atoms with E-state index in [9.17, 15) is 4.79 Å². The first-order chi connectivity index (χ1) is 7.20. The predicted octanol–water partition coefficient (Wildman–Crippen LogP) is 5.26. The van der Waals surface area contributed by atoms with Crippen molar-refractivity contribution in [2.45, 2.75) is 19.8 Å². The van der Waals surface area contributed by atoms with Gasteiger partial charge in [0.25, 0.3) is 0 Å². The molecule has 3 unspecified atom stereocenters. The molecule has 1 aliphatic rings. The van der Waals surface area contributed by atoms with Crippen LogP contribution in [0.2, 0.25) is 0 Å². The first kappa shape index (κ1) is 16.3. The lowest BCUT2D eigenvalue weighted by Gasteiger charge is -2.45. The number of carbonyl (C=O) groups excluding carboxylic acids is 1. The summed E-state index contributed by atoms with van der Waals surface area (Å²) in [6.45, 7) is 2.08. The first-order valence-corrected chi connectivity index (χ1v) is 9.76. The molecule has 0 fully saturated rings. The minimum Gasteiger partial charge on any atom is -0.292 e. The standard InChI is InChI=1S/C9H8Br6O/c1-8(7(13)14)2-4(11)5(16)9(15,3-10)6(8)12/h2,6-7H,3H2,1H3. The molecule has 0 spiro atoms. The fourth-order valence-corrected chi connectivity index (χ4v) is 6.62. The lowest BCUT2D eigenvalue weighted by molar-refractivity contribution is -0.117. The van der Waals surface area contributed by atoms with Crippen molar-refractivity contribution in [3.05, 3.63) is 10.6 Å². The molecule has 0 aromatic heterocycles. The van der Waals surface area contributed by atoms with Gasteiger partial charge in [-0.15, -0.1) is 0 Å². The van der Waals surface area contributed by atoms with Gasteiger partial charge in [-0.05, 0) is 15.9 Å². The van der Waals surface area contributed by atoms with Crippen molar-refractivity contribution in [2.75, 3.05) is 5.33 Å². The molecule has 1 nitrogen and oxygen atoms in total. The Balaban J connectivity index is 3.34. The number of carbonyl (C=O) groups is 1. The van der Waals surface area contributed by atoms with Crippen molar-refractivity contribution in [1.29, 1.82) is 0 Å². The quantitative estimate of drug-likeness (QED) is 0.390. The molecule has 92 valence electrons. The number of hydrogen-bond donors (Lipinski definition) is 0. The topological polar surface area (TPSA) is 17.1 Å². The van der Waals surface area contributed by atoms with E-state index in [4.69, 9.17) is 0 Å². The van der Waals surface area contributed by atoms with Crippen molar-refractivity contribution in [3.63, 3.8) is 0 Å². The van der Waals surface area contributed by atoms with Crippen molar-refractivity contribution in [2.24, 2.45) is 5.41 Å². The Labute approximate surface area is 145 Å². The molecule has 0 aliphatic heterocycles. The monoisotopic (exact) mass is 606 g/mol. The SMILES string of the molecule is CC1(C(Br)Br)C=C(Br)C(=O)C(Br)(CBr)C1Br. The van der Waals surface area contributed by atoms with E-state index in [2.05, 4.69) is 103 Å². The molecule has 0 saturated heterocycles. The normalized spacial score (nSPS) is 40.1. The van der Waals surface area contributed by atoms with Crippen LogP contribution in [0.5, 0.6) is 0 Å². The van der Waals surface area contributed by atoms with Gasteiger partial charge in [0, 0.05) is 15.6 Å². The van der Waals surface area contributed by atoms with Crippen LogP contribution in [-0.4, -0.2) is 24.0 Å². The fraction of sp³-hybridized carbons (Fsp3) is 0.667. The highest BCUT2D eigenvalue weighted by Gasteiger charge is 2.55. The summed E-state index contributed by atoms with van der Waals surface area (Å²) in [5.41, 5.74) is -0.232. The van der Waals surface area contributed by atoms with Gasteiger partial charge in [-0.25, -0.2) is 0 Å². The Morgan fingerprint density at radius 2 is 2.00 bits per heavy atom. The third kappa shape index (κ3) is 2.60. The molecule has 0 amide bonds. The van der Waals surface area contributed by atoms with E-state index in [1.807, 2.05) is 6.08 Å². The van der Waals surface area contributed by atoms with E-state index in [0.29, 0.717) is 9.81 Å². The summed E-state index contributed by atoms with van der Waals surface area (Å²) in [7, 11) is 0. The average Bonchev–Trinajstić information content (AvgIpc) is 2.23. The highest BCUT2D eigenvalue weighted by Crippen LogP contribution is 2.53. The minimum atomic E-state index is -0.644. The number of hydrogen-bond acceptors (Lipinski definition) is 1. The van der Waals surface area contributed by atoms with Gasteiger partial charge in [0.15, 0.2) is 5.78 Å². The number of Topliss-reactive ketones (excluding diaryl/α,β-unsaturated/α-hetero) is 1. The van der Waals surface area contributed by atoms with Crippen molar-refractivity contribution in [3.8, 4) is 0 Å². The number of allylic oxidation sites excluding steroid dienone is 2. The molecule has 1 aliphatic carbocycles. The van der Waals surface area contributed by atoms with Crippen LogP contribution in [0, 0.1) is 5.41 Å². The molecule has 0 saturated carbocycles. The molecule has 0 N–H and O–H groups in total. The first-order valence-electron chi connectivity index (χ1n) is 4.30. The summed E-state index contributed by atoms with van der Waals surface area (Å²) >= 11 is 21.0. The molecule has 0 aromatic carbocycles. The van der Waals surface area contributed by atoms with Crippen LogP contribution in [0.15, 0.2) is 10.6 Å². The number of halogens is 6. The minimum absolute atomic E-state index is 0.0376. The fourth-order valence-electron chi connectivity index (χ4n) is 1.52. The van der Waals surface area contributed by atoms with Crippen molar-refractivity contribution >= 4 is 101 Å². The highest BCUT2D eigenvalue weighted by molar-refractivity contribution is 9.24. The Morgan fingerprint density at radius 3 is 2.38 bits per heavy atom. The predicted molar refractivity (Wildman–Crippen MR) is 89.9 cm³/mol. The van der Waals surface area contributed by atoms with Gasteiger partial charge in [0.1, 0.15) is 4.32 Å². The van der Waals surface area contributed by atoms with Crippen molar-refractivity contribution < 1.29 is 4.79 Å². The van der Waals surface area contributed by atoms with Crippen LogP contribution >= 0.6 is 95.6 Å². The highest BCUT2D eigenvalue weighted by atomic mass is 79.9. The van der Waals surface area contributed by atoms with Gasteiger partial charge in [-0.1, -0.05) is 92.6 Å². The van der Waals surface area contributed by atoms with Crippen LogP contribution in [0.25, 0.3) is 0 Å². The summed E-state index contributed by atoms with van der Waals surface area (Å²) in [5.74, 6) is 0.0457. The van der Waals surface area contributed by atoms with Crippen LogP contribution in [0.4, 0.5) is 0 Å². The molecule has 1 rings (SSSR count). The zero-order chi connectivity index (χ0) is 12.7. The van der Waals surface area contributed by atoms with Gasteiger partial charge in [-0.3, -0.25) is 4.79 Å². The van der Waals surface area contributed by atoms with Gasteiger partial charge in [0.05, 0.1) is 8.22 Å². The van der Waals surface area contributed by atoms with E-state index >= 15 is 0 Å². The maximum absolute atomic E-state index is 12.1. The summed E-state index contributed by atoms with van der Waals surface area (Å²) in [6, 6.07) is 0. The molecule has 7 heteroatoms. The Bertz CT molecular complexity index is 341. The molecule has 3 atom stereocenters. The van der Waals surface area contributed by atoms with Gasteiger partial charge in [-0.2, -0.15) is 0 Å². The summed E-state index contributed by atoms with van der Waals surface area (Å²) in [6.07, 6.45) is 1.94. The third-order valence-corrected chi connectivity index (χ3v) is 10.3. The second-order valence-corrected chi connectivity index (χ2v) is 10.7. The Hall–Kier alpha value is 2.29. The Kier molecular flexibility index (Phi) is 5.86. The second-order valence-electron chi connectivity index (χ2n) is 3.85. The molecule has 0 aromatic rings. The van der Waals surface area contributed by atoms with Crippen LogP contribution in [0.1, 0.15) is 6.92 Å². The van der Waals surface area contributed by atoms with Gasteiger partial charge < -0.3 is 0 Å². The maximum Gasteiger partial charge on any atom is 0.188 e. The molecular formula is C9H8Br6O. The van der Waals surface area contributed by atoms with E-state index < -0.39 is 4.32 Å². The number of ketones is 1. The van der Waals surface area contributed by atoms with E-state index in [1.54, 1.807) is 0 Å². The molecule has 0 radical (unpaired) electrons. The van der Waals surface area contributed by atoms with Crippen molar-refractivity contribution in [1.82, 2.24) is 0 Å². The average molecular weight is 612 g/mol. The van der Waals surface area contributed by atoms with Gasteiger partial charge >= 0.3 is 0 Å². The van der Waals surface area contributed by atoms with Gasteiger partial charge in [0.2, 0.25) is 0 Å². The van der Waals surface area contributed by atoms with Crippen LogP contribution in [0.3, 0.4) is 0 Å². The van der Waals surface area contributed by atoms with Crippen LogP contribution < -0.4 is 0 Å². The molecule has 16 heavy (non-hydrogen) atoms. The summed E-state index contributed by atoms with van der Waals surface area (Å²) in [5, 5.41) is 0.542. The third-order valence-electron chi connectivity index (χ3n) is 2.64. The molecule has 0 bridgehead atoms. The maximum atomic E-state index is 12.1. The largest absolute Gasteiger partial charge is 0.292 e. The van der Waals surface area contributed by atoms with Crippen LogP contribution in [-0.2, 0) is 4.79 Å². The summed E-state index contributed by atoms with van der Waals surface area (Å²) in [4.78, 5) is 12.1. The number of alkyl halides is 5. The molecular weight excluding hydrogens is 604 g/mol. The van der Waals surface area contributed by atoms with E-state index in [-0.39, 0.29) is 19.8 Å². The zero-order valence-corrected chi connectivity index (χ0v) is 17.6. The smallest absolute Gasteiger partial charge is 0.188 e. The lowest BCUT2D eigenvalue weighted by atomic mass is 9.76. The Morgan fingerprint density at radius 1 is 1.50 bits per heavy atom. The number of rotatable bonds is 2. The second kappa shape index (κ2) is 5.73. The van der Waals surface area contributed by atoms with E-state index in [0.717, 1.165) is 0 Å².